The van der Waals surface area contributed by atoms with Crippen molar-refractivity contribution in [3.05, 3.63) is 103 Å². The summed E-state index contributed by atoms with van der Waals surface area (Å²) in [6.45, 7) is 23.4. The third-order valence-corrected chi connectivity index (χ3v) is 7.53. The van der Waals surface area contributed by atoms with Gasteiger partial charge in [-0.3, -0.25) is 0 Å². The zero-order chi connectivity index (χ0) is 28.1. The number of hydrogen-bond acceptors (Lipinski definition) is 0. The molecule has 0 bridgehead atoms. The van der Waals surface area contributed by atoms with Gasteiger partial charge in [-0.05, 0) is 111 Å². The highest BCUT2D eigenvalue weighted by molar-refractivity contribution is 6.31. The molecule has 0 heterocycles. The number of halogens is 3. The summed E-state index contributed by atoms with van der Waals surface area (Å²) >= 11 is 6.90. The van der Waals surface area contributed by atoms with Crippen LogP contribution in [0.3, 0.4) is 0 Å². The Balaban J connectivity index is 2.14. The SMILES string of the molecule is Cc1cc(F)c(Cc2cc(Cl)c(Cc3cc(F)cc(C)c3C(C)(C)C)cc2C(C)(C)C)cc1C(C)(C)C. The molecule has 0 spiro atoms. The third-order valence-electron chi connectivity index (χ3n) is 7.18. The molecule has 0 radical (unpaired) electrons. The molecule has 0 unspecified atom stereocenters. The summed E-state index contributed by atoms with van der Waals surface area (Å²) in [5.41, 5.74) is 8.62. The molecular weight excluding hydrogens is 482 g/mol. The highest BCUT2D eigenvalue weighted by Crippen LogP contribution is 2.37. The molecule has 0 aliphatic rings. The van der Waals surface area contributed by atoms with Crippen LogP contribution in [0.4, 0.5) is 8.78 Å². The van der Waals surface area contributed by atoms with Gasteiger partial charge in [0.15, 0.2) is 0 Å². The van der Waals surface area contributed by atoms with Gasteiger partial charge in [-0.2, -0.15) is 0 Å². The summed E-state index contributed by atoms with van der Waals surface area (Å²) in [5.74, 6) is -0.413. The smallest absolute Gasteiger partial charge is 0.127 e. The number of aryl methyl sites for hydroxylation is 2. The maximum absolute atomic E-state index is 15.2. The topological polar surface area (TPSA) is 0 Å². The fourth-order valence-corrected chi connectivity index (χ4v) is 5.99. The molecular formula is C34H43ClF2. The second kappa shape index (κ2) is 10.2. The number of benzene rings is 3. The molecule has 3 rings (SSSR count). The summed E-state index contributed by atoms with van der Waals surface area (Å²) in [5, 5.41) is 0.633. The van der Waals surface area contributed by atoms with Gasteiger partial charge in [-0.25, -0.2) is 8.78 Å². The van der Waals surface area contributed by atoms with Crippen LogP contribution in [0.5, 0.6) is 0 Å². The van der Waals surface area contributed by atoms with E-state index in [0.29, 0.717) is 23.4 Å². The van der Waals surface area contributed by atoms with Gasteiger partial charge in [0.25, 0.3) is 0 Å². The molecule has 0 aliphatic heterocycles. The Hall–Kier alpha value is -2.19. The minimum Gasteiger partial charge on any atom is -0.207 e. The summed E-state index contributed by atoms with van der Waals surface area (Å²) in [4.78, 5) is 0. The Morgan fingerprint density at radius 2 is 1.11 bits per heavy atom. The van der Waals surface area contributed by atoms with Crippen LogP contribution in [-0.2, 0) is 29.1 Å². The fraction of sp³-hybridized carbons (Fsp3) is 0.471. The lowest BCUT2D eigenvalue weighted by Crippen LogP contribution is -2.18. The first-order valence-corrected chi connectivity index (χ1v) is 13.6. The first-order valence-electron chi connectivity index (χ1n) is 13.2. The van der Waals surface area contributed by atoms with Gasteiger partial charge >= 0.3 is 0 Å². The number of hydrogen-bond donors (Lipinski definition) is 0. The van der Waals surface area contributed by atoms with Gasteiger partial charge in [0, 0.05) is 11.4 Å². The summed E-state index contributed by atoms with van der Waals surface area (Å²) in [7, 11) is 0. The standard InChI is InChI=1S/C34H43ClF2/c1-20-13-30(37)24(18-27(20)32(3,4)5)14-22-19-29(35)23(17-28(22)33(6,7)8)15-25-16-26(36)12-21(2)31(25)34(9,10)11/h12-13,16-19H,14-15H2,1-11H3. The number of rotatable bonds is 4. The quantitative estimate of drug-likeness (QED) is 0.318. The lowest BCUT2D eigenvalue weighted by atomic mass is 9.77. The van der Waals surface area contributed by atoms with E-state index < -0.39 is 0 Å². The first-order chi connectivity index (χ1) is 16.8. The Bertz CT molecular complexity index is 1310. The molecule has 0 aliphatic carbocycles. The van der Waals surface area contributed by atoms with E-state index in [0.717, 1.165) is 44.5 Å². The van der Waals surface area contributed by atoms with Gasteiger partial charge in [-0.1, -0.05) is 86.0 Å². The van der Waals surface area contributed by atoms with Crippen LogP contribution in [0.1, 0.15) is 112 Å². The van der Waals surface area contributed by atoms with Crippen molar-refractivity contribution in [1.29, 1.82) is 0 Å². The van der Waals surface area contributed by atoms with E-state index in [2.05, 4.69) is 68.4 Å². The van der Waals surface area contributed by atoms with Crippen molar-refractivity contribution in [2.75, 3.05) is 0 Å². The first kappa shape index (κ1) is 29.4. The average Bonchev–Trinajstić information content (AvgIpc) is 2.68. The van der Waals surface area contributed by atoms with Crippen LogP contribution in [0, 0.1) is 25.5 Å². The molecule has 3 aromatic carbocycles. The molecule has 0 aromatic heterocycles. The van der Waals surface area contributed by atoms with Crippen molar-refractivity contribution in [3.63, 3.8) is 0 Å². The molecule has 0 saturated heterocycles. The van der Waals surface area contributed by atoms with Gasteiger partial charge in [-0.15, -0.1) is 0 Å². The molecule has 0 atom stereocenters. The molecule has 0 N–H and O–H groups in total. The van der Waals surface area contributed by atoms with Crippen molar-refractivity contribution in [3.8, 4) is 0 Å². The van der Waals surface area contributed by atoms with E-state index in [-0.39, 0.29) is 27.9 Å². The minimum atomic E-state index is -0.228. The Morgan fingerprint density at radius 1 is 0.568 bits per heavy atom. The van der Waals surface area contributed by atoms with Crippen molar-refractivity contribution < 1.29 is 8.78 Å². The molecule has 200 valence electrons. The second-order valence-electron chi connectivity index (χ2n) is 13.7. The normalized spacial score (nSPS) is 12.8. The highest BCUT2D eigenvalue weighted by atomic mass is 35.5. The van der Waals surface area contributed by atoms with Crippen LogP contribution in [0.25, 0.3) is 0 Å². The molecule has 37 heavy (non-hydrogen) atoms. The highest BCUT2D eigenvalue weighted by Gasteiger charge is 2.25. The Kier molecular flexibility index (Phi) is 8.08. The Labute approximate surface area is 228 Å². The van der Waals surface area contributed by atoms with Crippen molar-refractivity contribution in [2.24, 2.45) is 0 Å². The van der Waals surface area contributed by atoms with Crippen LogP contribution < -0.4 is 0 Å². The lowest BCUT2D eigenvalue weighted by Gasteiger charge is -2.28. The van der Waals surface area contributed by atoms with Crippen molar-refractivity contribution in [2.45, 2.75) is 105 Å². The van der Waals surface area contributed by atoms with Gasteiger partial charge in [0.05, 0.1) is 0 Å². The van der Waals surface area contributed by atoms with E-state index >= 15 is 4.39 Å². The molecule has 0 amide bonds. The monoisotopic (exact) mass is 524 g/mol. The van der Waals surface area contributed by atoms with Crippen LogP contribution in [-0.4, -0.2) is 0 Å². The van der Waals surface area contributed by atoms with E-state index in [4.69, 9.17) is 11.6 Å². The molecule has 0 nitrogen and oxygen atoms in total. The molecule has 3 aromatic rings. The third kappa shape index (κ3) is 6.63. The minimum absolute atomic E-state index is 0.0747. The summed E-state index contributed by atoms with van der Waals surface area (Å²) in [6.07, 6.45) is 1.01. The van der Waals surface area contributed by atoms with Gasteiger partial charge in [0.1, 0.15) is 11.6 Å². The van der Waals surface area contributed by atoms with Crippen LogP contribution >= 0.6 is 11.6 Å². The van der Waals surface area contributed by atoms with Crippen LogP contribution in [0.2, 0.25) is 5.02 Å². The molecule has 3 heteroatoms. The van der Waals surface area contributed by atoms with Crippen molar-refractivity contribution >= 4 is 11.6 Å². The van der Waals surface area contributed by atoms with Crippen LogP contribution in [0.15, 0.2) is 36.4 Å². The molecule has 0 fully saturated rings. The Morgan fingerprint density at radius 3 is 1.65 bits per heavy atom. The van der Waals surface area contributed by atoms with E-state index in [9.17, 15) is 4.39 Å². The maximum Gasteiger partial charge on any atom is 0.127 e. The van der Waals surface area contributed by atoms with Gasteiger partial charge in [0.2, 0.25) is 0 Å². The average molecular weight is 525 g/mol. The fourth-order valence-electron chi connectivity index (χ4n) is 5.74. The van der Waals surface area contributed by atoms with E-state index in [1.54, 1.807) is 18.2 Å². The maximum atomic E-state index is 15.2. The predicted octanol–water partition coefficient (Wildman–Crippen LogP) is 10.3. The summed E-state index contributed by atoms with van der Waals surface area (Å²) < 4.78 is 29.7. The summed E-state index contributed by atoms with van der Waals surface area (Å²) in [6, 6.07) is 11.1. The van der Waals surface area contributed by atoms with Gasteiger partial charge < -0.3 is 0 Å². The molecule has 0 saturated carbocycles. The van der Waals surface area contributed by atoms with E-state index in [1.807, 2.05) is 26.0 Å². The zero-order valence-corrected chi connectivity index (χ0v) is 25.3. The van der Waals surface area contributed by atoms with Crippen molar-refractivity contribution in [1.82, 2.24) is 0 Å². The van der Waals surface area contributed by atoms with E-state index in [1.165, 1.54) is 0 Å². The predicted molar refractivity (Wildman–Crippen MR) is 155 cm³/mol. The largest absolute Gasteiger partial charge is 0.207 e. The second-order valence-corrected chi connectivity index (χ2v) is 14.1. The lowest BCUT2D eigenvalue weighted by molar-refractivity contribution is 0.568. The zero-order valence-electron chi connectivity index (χ0n) is 24.5.